The molecular formula is C16H25N5. The summed E-state index contributed by atoms with van der Waals surface area (Å²) < 4.78 is 0. The normalized spacial score (nSPS) is 30.2. The van der Waals surface area contributed by atoms with E-state index in [2.05, 4.69) is 32.9 Å². The average molecular weight is 287 g/mol. The number of rotatable bonds is 2. The zero-order chi connectivity index (χ0) is 14.4. The summed E-state index contributed by atoms with van der Waals surface area (Å²) in [6.45, 7) is 4.68. The van der Waals surface area contributed by atoms with E-state index in [0.29, 0.717) is 11.9 Å². The van der Waals surface area contributed by atoms with Crippen LogP contribution in [0.4, 0.5) is 11.8 Å². The lowest BCUT2D eigenvalue weighted by atomic mass is 10.0. The largest absolute Gasteiger partial charge is 0.368 e. The average Bonchev–Trinajstić information content (AvgIpc) is 3.12. The smallest absolute Gasteiger partial charge is 0.222 e. The molecule has 5 heteroatoms. The fourth-order valence-corrected chi connectivity index (χ4v) is 4.48. The summed E-state index contributed by atoms with van der Waals surface area (Å²) in [4.78, 5) is 13.9. The van der Waals surface area contributed by atoms with Crippen LogP contribution in [-0.2, 0) is 0 Å². The molecule has 114 valence electrons. The van der Waals surface area contributed by atoms with Gasteiger partial charge in [-0.15, -0.1) is 0 Å². The van der Waals surface area contributed by atoms with Gasteiger partial charge in [0.05, 0.1) is 5.69 Å². The molecule has 2 saturated heterocycles. The van der Waals surface area contributed by atoms with Crippen molar-refractivity contribution in [3.8, 4) is 0 Å². The third-order valence-corrected chi connectivity index (χ3v) is 5.52. The Morgan fingerprint density at radius 2 is 1.71 bits per heavy atom. The number of anilines is 2. The zero-order valence-corrected chi connectivity index (χ0v) is 12.8. The maximum atomic E-state index is 5.98. The number of hydrogen-bond donors (Lipinski definition) is 1. The molecule has 3 heterocycles. The molecule has 0 aromatic carbocycles. The first-order valence-corrected chi connectivity index (χ1v) is 8.27. The molecule has 0 radical (unpaired) electrons. The van der Waals surface area contributed by atoms with Gasteiger partial charge in [0.1, 0.15) is 5.82 Å². The van der Waals surface area contributed by atoms with Crippen molar-refractivity contribution in [2.24, 2.45) is 11.8 Å². The van der Waals surface area contributed by atoms with E-state index >= 15 is 0 Å². The first-order chi connectivity index (χ1) is 10.2. The molecule has 4 rings (SSSR count). The Morgan fingerprint density at radius 1 is 1.05 bits per heavy atom. The summed E-state index contributed by atoms with van der Waals surface area (Å²) in [5, 5.41) is 0. The van der Waals surface area contributed by atoms with Crippen molar-refractivity contribution in [2.45, 2.75) is 31.6 Å². The molecule has 2 unspecified atom stereocenters. The van der Waals surface area contributed by atoms with Crippen LogP contribution in [-0.4, -0.2) is 48.1 Å². The van der Waals surface area contributed by atoms with Gasteiger partial charge >= 0.3 is 0 Å². The van der Waals surface area contributed by atoms with Gasteiger partial charge in [0.15, 0.2) is 0 Å². The molecule has 0 spiro atoms. The van der Waals surface area contributed by atoms with Gasteiger partial charge in [-0.2, -0.15) is 4.98 Å². The van der Waals surface area contributed by atoms with Crippen LogP contribution < -0.4 is 10.6 Å². The van der Waals surface area contributed by atoms with Crippen LogP contribution in [0, 0.1) is 11.8 Å². The third kappa shape index (κ3) is 2.48. The lowest BCUT2D eigenvalue weighted by Gasteiger charge is -2.21. The number of likely N-dealkylation sites (tertiary alicyclic amines) is 1. The van der Waals surface area contributed by atoms with E-state index in [0.717, 1.165) is 30.7 Å². The Labute approximate surface area is 126 Å². The Balaban J connectivity index is 1.55. The van der Waals surface area contributed by atoms with Crippen LogP contribution in [0.2, 0.25) is 0 Å². The molecule has 2 aliphatic heterocycles. The van der Waals surface area contributed by atoms with Gasteiger partial charge in [-0.05, 0) is 31.7 Å². The molecule has 1 aliphatic carbocycles. The number of aromatic nitrogens is 2. The van der Waals surface area contributed by atoms with E-state index < -0.39 is 0 Å². The van der Waals surface area contributed by atoms with Gasteiger partial charge in [0.2, 0.25) is 5.95 Å². The molecule has 2 atom stereocenters. The van der Waals surface area contributed by atoms with E-state index in [1.54, 1.807) is 0 Å². The maximum Gasteiger partial charge on any atom is 0.222 e. The summed E-state index contributed by atoms with van der Waals surface area (Å²) >= 11 is 0. The molecule has 1 saturated carbocycles. The molecule has 2 N–H and O–H groups in total. The summed E-state index contributed by atoms with van der Waals surface area (Å²) in [6, 6.07) is 2.21. The van der Waals surface area contributed by atoms with Crippen LogP contribution in [0.1, 0.15) is 37.3 Å². The molecular weight excluding hydrogens is 262 g/mol. The molecule has 0 amide bonds. The van der Waals surface area contributed by atoms with Crippen LogP contribution in [0.15, 0.2) is 6.07 Å². The highest BCUT2D eigenvalue weighted by molar-refractivity contribution is 5.46. The van der Waals surface area contributed by atoms with Crippen LogP contribution in [0.25, 0.3) is 0 Å². The summed E-state index contributed by atoms with van der Waals surface area (Å²) in [7, 11) is 2.23. The monoisotopic (exact) mass is 287 g/mol. The van der Waals surface area contributed by atoms with Crippen LogP contribution >= 0.6 is 0 Å². The maximum absolute atomic E-state index is 5.98. The van der Waals surface area contributed by atoms with Crippen molar-refractivity contribution in [3.63, 3.8) is 0 Å². The van der Waals surface area contributed by atoms with Crippen LogP contribution in [0.3, 0.4) is 0 Å². The Hall–Kier alpha value is -1.36. The fourth-order valence-electron chi connectivity index (χ4n) is 4.48. The minimum Gasteiger partial charge on any atom is -0.368 e. The van der Waals surface area contributed by atoms with Gasteiger partial charge in [-0.25, -0.2) is 4.98 Å². The minimum absolute atomic E-state index is 0.448. The van der Waals surface area contributed by atoms with Gasteiger partial charge in [0.25, 0.3) is 0 Å². The molecule has 5 nitrogen and oxygen atoms in total. The number of fused-ring (bicyclic) bond motifs is 1. The van der Waals surface area contributed by atoms with Crippen molar-refractivity contribution in [1.29, 1.82) is 0 Å². The van der Waals surface area contributed by atoms with Crippen LogP contribution in [0.5, 0.6) is 0 Å². The number of nitrogens with two attached hydrogens (primary N) is 1. The highest BCUT2D eigenvalue weighted by atomic mass is 15.3. The molecule has 3 fully saturated rings. The molecule has 0 bridgehead atoms. The predicted molar refractivity (Wildman–Crippen MR) is 84.3 cm³/mol. The highest BCUT2D eigenvalue weighted by Crippen LogP contribution is 2.36. The number of nitrogens with zero attached hydrogens (tertiary/aromatic N) is 4. The van der Waals surface area contributed by atoms with E-state index in [1.807, 2.05) is 0 Å². The highest BCUT2D eigenvalue weighted by Gasteiger charge is 2.39. The summed E-state index contributed by atoms with van der Waals surface area (Å²) in [5.41, 5.74) is 7.15. The minimum atomic E-state index is 0.448. The SMILES string of the molecule is CN1CC2CN(c3cc(C4CCCC4)nc(N)n3)CC2C1. The standard InChI is InChI=1S/C16H25N5/c1-20-7-12-9-21(10-13(12)8-20)15-6-14(18-16(17)19-15)11-4-2-3-5-11/h6,11-13H,2-5,7-10H2,1H3,(H2,17,18,19). The zero-order valence-electron chi connectivity index (χ0n) is 12.8. The second kappa shape index (κ2) is 5.13. The van der Waals surface area contributed by atoms with E-state index in [1.165, 1.54) is 44.5 Å². The third-order valence-electron chi connectivity index (χ3n) is 5.52. The molecule has 1 aromatic heterocycles. The van der Waals surface area contributed by atoms with Crippen molar-refractivity contribution in [2.75, 3.05) is 43.9 Å². The van der Waals surface area contributed by atoms with Gasteiger partial charge in [-0.1, -0.05) is 12.8 Å². The lowest BCUT2D eigenvalue weighted by molar-refractivity contribution is 0.387. The Morgan fingerprint density at radius 3 is 2.38 bits per heavy atom. The van der Waals surface area contributed by atoms with Gasteiger partial charge < -0.3 is 15.5 Å². The van der Waals surface area contributed by atoms with Crippen molar-refractivity contribution in [3.05, 3.63) is 11.8 Å². The lowest BCUT2D eigenvalue weighted by Crippen LogP contribution is -2.27. The topological polar surface area (TPSA) is 58.3 Å². The summed E-state index contributed by atoms with van der Waals surface area (Å²) in [6.07, 6.45) is 5.16. The van der Waals surface area contributed by atoms with Gasteiger partial charge in [0, 0.05) is 38.2 Å². The summed E-state index contributed by atoms with van der Waals surface area (Å²) in [5.74, 6) is 3.69. The first kappa shape index (κ1) is 13.3. The van der Waals surface area contributed by atoms with Gasteiger partial charge in [-0.3, -0.25) is 0 Å². The molecule has 1 aromatic rings. The van der Waals surface area contributed by atoms with E-state index in [4.69, 9.17) is 5.73 Å². The Bertz CT molecular complexity index is 511. The van der Waals surface area contributed by atoms with Crippen molar-refractivity contribution in [1.82, 2.24) is 14.9 Å². The Kier molecular flexibility index (Phi) is 3.25. The van der Waals surface area contributed by atoms with Crippen molar-refractivity contribution >= 4 is 11.8 Å². The number of hydrogen-bond acceptors (Lipinski definition) is 5. The predicted octanol–water partition coefficient (Wildman–Crippen LogP) is 1.71. The fraction of sp³-hybridized carbons (Fsp3) is 0.750. The first-order valence-electron chi connectivity index (χ1n) is 8.27. The second-order valence-electron chi connectivity index (χ2n) is 7.14. The second-order valence-corrected chi connectivity index (χ2v) is 7.14. The quantitative estimate of drug-likeness (QED) is 0.897. The van der Waals surface area contributed by atoms with Crippen molar-refractivity contribution < 1.29 is 0 Å². The molecule has 3 aliphatic rings. The van der Waals surface area contributed by atoms with E-state index in [-0.39, 0.29) is 0 Å². The number of nitrogen functional groups attached to an aromatic ring is 1. The van der Waals surface area contributed by atoms with E-state index in [9.17, 15) is 0 Å². The molecule has 21 heavy (non-hydrogen) atoms.